The summed E-state index contributed by atoms with van der Waals surface area (Å²) in [4.78, 5) is 13.3. The van der Waals surface area contributed by atoms with E-state index in [4.69, 9.17) is 5.73 Å². The molecule has 4 N–H and O–H groups in total. The van der Waals surface area contributed by atoms with Crippen LogP contribution >= 0.6 is 11.3 Å². The van der Waals surface area contributed by atoms with Crippen molar-refractivity contribution in [3.05, 3.63) is 10.4 Å². The molecule has 0 saturated heterocycles. The number of sulfonamides is 1. The number of hydrogen-bond donors (Lipinski definition) is 3. The highest BCUT2D eigenvalue weighted by Crippen LogP contribution is 2.42. The highest BCUT2D eigenvalue weighted by atomic mass is 32.2. The van der Waals surface area contributed by atoms with Gasteiger partial charge in [-0.2, -0.15) is 0 Å². The maximum atomic E-state index is 13.1. The predicted molar refractivity (Wildman–Crippen MR) is 93.9 cm³/mol. The van der Waals surface area contributed by atoms with Crippen LogP contribution in [0.25, 0.3) is 0 Å². The number of alkyl halides is 1. The third-order valence-corrected chi connectivity index (χ3v) is 8.07. The summed E-state index contributed by atoms with van der Waals surface area (Å²) in [7, 11) is -3.82. The Labute approximate surface area is 150 Å². The quantitative estimate of drug-likeness (QED) is 0.716. The summed E-state index contributed by atoms with van der Waals surface area (Å²) in [6.45, 7) is 0. The van der Waals surface area contributed by atoms with Crippen LogP contribution in [0.15, 0.2) is 4.90 Å². The lowest BCUT2D eigenvalue weighted by atomic mass is 9.92. The maximum Gasteiger partial charge on any atom is 0.244 e. The van der Waals surface area contributed by atoms with Gasteiger partial charge < -0.3 is 11.1 Å². The second kappa shape index (κ2) is 6.29. The highest BCUT2D eigenvalue weighted by molar-refractivity contribution is 7.90. The molecule has 6 nitrogen and oxygen atoms in total. The van der Waals surface area contributed by atoms with Crippen molar-refractivity contribution in [2.24, 2.45) is 11.7 Å². The molecule has 2 fully saturated rings. The van der Waals surface area contributed by atoms with Crippen LogP contribution in [0, 0.1) is 5.92 Å². The Balaban J connectivity index is 1.67. The lowest BCUT2D eigenvalue weighted by Crippen LogP contribution is -2.45. The molecule has 0 radical (unpaired) electrons. The van der Waals surface area contributed by atoms with Gasteiger partial charge >= 0.3 is 0 Å². The van der Waals surface area contributed by atoms with E-state index in [0.29, 0.717) is 11.4 Å². The summed E-state index contributed by atoms with van der Waals surface area (Å²) >= 11 is 1.34. The third-order valence-electron chi connectivity index (χ3n) is 5.11. The molecular formula is C16H22FN3O3S2. The average Bonchev–Trinajstić information content (AvgIpc) is 3.27. The largest absolute Gasteiger partial charge is 0.327 e. The van der Waals surface area contributed by atoms with E-state index in [-0.39, 0.29) is 41.6 Å². The molecule has 1 atom stereocenters. The number of thiophene rings is 1. The summed E-state index contributed by atoms with van der Waals surface area (Å²) in [6.07, 6.45) is 3.18. The van der Waals surface area contributed by atoms with Gasteiger partial charge in [-0.05, 0) is 50.5 Å². The Kier molecular flexibility index (Phi) is 4.38. The monoisotopic (exact) mass is 387 g/mol. The molecule has 4 rings (SSSR count). The van der Waals surface area contributed by atoms with Crippen LogP contribution in [0.3, 0.4) is 0 Å². The van der Waals surface area contributed by atoms with Crippen molar-refractivity contribution in [2.75, 3.05) is 5.32 Å². The van der Waals surface area contributed by atoms with Crippen LogP contribution < -0.4 is 15.8 Å². The number of aryl methyl sites for hydroxylation is 1. The fourth-order valence-electron chi connectivity index (χ4n) is 3.43. The Hall–Kier alpha value is -1.03. The minimum atomic E-state index is -3.82. The van der Waals surface area contributed by atoms with E-state index in [0.717, 1.165) is 36.1 Å². The van der Waals surface area contributed by atoms with Crippen LogP contribution in [0.4, 0.5) is 9.39 Å². The SMILES string of the molecule is N[C@H]1CCc2sc(NC(=O)C3CC3)c(S(=O)(=O)NC3CC(F)C3)c2C1. The summed E-state index contributed by atoms with van der Waals surface area (Å²) in [5.74, 6) is -0.129. The van der Waals surface area contributed by atoms with E-state index < -0.39 is 16.2 Å². The summed E-state index contributed by atoms with van der Waals surface area (Å²) < 4.78 is 41.5. The topological polar surface area (TPSA) is 101 Å². The molecular weight excluding hydrogens is 365 g/mol. The van der Waals surface area contributed by atoms with Gasteiger partial charge in [0.25, 0.3) is 0 Å². The van der Waals surface area contributed by atoms with E-state index >= 15 is 0 Å². The summed E-state index contributed by atoms with van der Waals surface area (Å²) in [5.41, 5.74) is 6.76. The molecule has 1 aromatic rings. The van der Waals surface area contributed by atoms with Crippen LogP contribution in [0.1, 0.15) is 42.5 Å². The highest BCUT2D eigenvalue weighted by Gasteiger charge is 2.38. The van der Waals surface area contributed by atoms with Gasteiger partial charge in [-0.15, -0.1) is 11.3 Å². The molecule has 25 heavy (non-hydrogen) atoms. The van der Waals surface area contributed by atoms with E-state index in [2.05, 4.69) is 10.0 Å². The molecule has 2 saturated carbocycles. The first-order valence-corrected chi connectivity index (χ1v) is 11.0. The first kappa shape index (κ1) is 17.4. The molecule has 138 valence electrons. The van der Waals surface area contributed by atoms with Crippen LogP contribution in [0.2, 0.25) is 0 Å². The zero-order valence-corrected chi connectivity index (χ0v) is 15.4. The first-order chi connectivity index (χ1) is 11.8. The zero-order valence-electron chi connectivity index (χ0n) is 13.8. The summed E-state index contributed by atoms with van der Waals surface area (Å²) in [5, 5.41) is 3.20. The number of nitrogens with one attached hydrogen (secondary N) is 2. The Morgan fingerprint density at radius 1 is 1.24 bits per heavy atom. The van der Waals surface area contributed by atoms with Crippen LogP contribution in [-0.2, 0) is 27.7 Å². The minimum Gasteiger partial charge on any atom is -0.327 e. The fraction of sp³-hybridized carbons (Fsp3) is 0.688. The van der Waals surface area contributed by atoms with Crippen molar-refractivity contribution in [1.82, 2.24) is 4.72 Å². The average molecular weight is 388 g/mol. The summed E-state index contributed by atoms with van der Waals surface area (Å²) in [6, 6.07) is -0.457. The van der Waals surface area contributed by atoms with Crippen molar-refractivity contribution in [2.45, 2.75) is 68.1 Å². The molecule has 1 amide bonds. The molecule has 0 spiro atoms. The molecule has 0 aliphatic heterocycles. The number of halogens is 1. The Morgan fingerprint density at radius 3 is 2.60 bits per heavy atom. The lowest BCUT2D eigenvalue weighted by molar-refractivity contribution is -0.117. The van der Waals surface area contributed by atoms with Crippen LogP contribution in [0.5, 0.6) is 0 Å². The molecule has 1 heterocycles. The third kappa shape index (κ3) is 3.47. The number of rotatable bonds is 5. The molecule has 0 aromatic carbocycles. The fourth-order valence-corrected chi connectivity index (χ4v) is 6.67. The number of anilines is 1. The molecule has 9 heteroatoms. The van der Waals surface area contributed by atoms with E-state index in [1.807, 2.05) is 0 Å². The van der Waals surface area contributed by atoms with Gasteiger partial charge in [0.1, 0.15) is 16.1 Å². The Morgan fingerprint density at radius 2 is 1.96 bits per heavy atom. The molecule has 0 bridgehead atoms. The lowest BCUT2D eigenvalue weighted by Gasteiger charge is -2.30. The first-order valence-electron chi connectivity index (χ1n) is 8.71. The minimum absolute atomic E-state index is 0.0103. The van der Waals surface area contributed by atoms with Gasteiger partial charge in [-0.1, -0.05) is 0 Å². The molecule has 3 aliphatic carbocycles. The molecule has 1 aromatic heterocycles. The van der Waals surface area contributed by atoms with E-state index in [1.54, 1.807) is 0 Å². The number of fused-ring (bicyclic) bond motifs is 1. The van der Waals surface area contributed by atoms with Gasteiger partial charge in [0.05, 0.1) is 0 Å². The van der Waals surface area contributed by atoms with Crippen LogP contribution in [-0.4, -0.2) is 32.6 Å². The van der Waals surface area contributed by atoms with Gasteiger partial charge in [0.15, 0.2) is 0 Å². The number of carbonyl (C=O) groups is 1. The molecule has 0 unspecified atom stereocenters. The maximum absolute atomic E-state index is 13.1. The number of carbonyl (C=O) groups excluding carboxylic acids is 1. The standard InChI is InChI=1S/C16H22FN3O3S2/c17-9-5-11(6-9)20-25(22,23)14-12-7-10(18)3-4-13(12)24-16(14)19-15(21)8-1-2-8/h8-11,20H,1-7,18H2,(H,19,21)/t9?,10-,11?/m0/s1. The van der Waals surface area contributed by atoms with Crippen molar-refractivity contribution in [1.29, 1.82) is 0 Å². The Bertz CT molecular complexity index is 798. The normalized spacial score (nSPS) is 29.0. The van der Waals surface area contributed by atoms with Gasteiger partial charge in [-0.25, -0.2) is 17.5 Å². The molecule has 3 aliphatic rings. The van der Waals surface area contributed by atoms with Crippen molar-refractivity contribution in [3.63, 3.8) is 0 Å². The predicted octanol–water partition coefficient (Wildman–Crippen LogP) is 1.69. The van der Waals surface area contributed by atoms with E-state index in [1.165, 1.54) is 11.3 Å². The van der Waals surface area contributed by atoms with Crippen molar-refractivity contribution < 1.29 is 17.6 Å². The number of hydrogen-bond acceptors (Lipinski definition) is 5. The number of amides is 1. The second-order valence-electron chi connectivity index (χ2n) is 7.32. The zero-order chi connectivity index (χ0) is 17.8. The van der Waals surface area contributed by atoms with Crippen molar-refractivity contribution in [3.8, 4) is 0 Å². The second-order valence-corrected chi connectivity index (χ2v) is 10.1. The van der Waals surface area contributed by atoms with Gasteiger partial charge in [0.2, 0.25) is 15.9 Å². The van der Waals surface area contributed by atoms with Gasteiger partial charge in [0, 0.05) is 22.9 Å². The van der Waals surface area contributed by atoms with Crippen molar-refractivity contribution >= 4 is 32.3 Å². The van der Waals surface area contributed by atoms with E-state index in [9.17, 15) is 17.6 Å². The smallest absolute Gasteiger partial charge is 0.244 e. The van der Waals surface area contributed by atoms with Gasteiger partial charge in [-0.3, -0.25) is 4.79 Å². The number of nitrogens with two attached hydrogens (primary N) is 1.